The number of hydrogen-bond donors (Lipinski definition) is 2. The number of para-hydroxylation sites is 2. The summed E-state index contributed by atoms with van der Waals surface area (Å²) in [5.74, 6) is -0.131. The number of nitrogens with zero attached hydrogens (tertiary/aromatic N) is 3. The molecule has 9 heteroatoms. The van der Waals surface area contributed by atoms with E-state index in [1.165, 1.54) is 11.3 Å². The van der Waals surface area contributed by atoms with E-state index < -0.39 is 11.6 Å². The van der Waals surface area contributed by atoms with Crippen molar-refractivity contribution in [3.05, 3.63) is 45.7 Å². The monoisotopic (exact) mass is 458 g/mol. The molecule has 0 spiro atoms. The summed E-state index contributed by atoms with van der Waals surface area (Å²) in [6, 6.07) is 7.87. The Balaban J connectivity index is 1.64. The van der Waals surface area contributed by atoms with Gasteiger partial charge in [0.1, 0.15) is 11.4 Å². The van der Waals surface area contributed by atoms with Gasteiger partial charge in [0.25, 0.3) is 0 Å². The van der Waals surface area contributed by atoms with Crippen LogP contribution in [-0.2, 0) is 24.0 Å². The van der Waals surface area contributed by atoms with Crippen LogP contribution >= 0.6 is 11.3 Å². The van der Waals surface area contributed by atoms with E-state index in [1.54, 1.807) is 4.90 Å². The molecular formula is C23H30N4O4S. The second-order valence-electron chi connectivity index (χ2n) is 8.56. The van der Waals surface area contributed by atoms with E-state index in [0.717, 1.165) is 28.2 Å². The van der Waals surface area contributed by atoms with E-state index in [9.17, 15) is 14.7 Å². The number of aromatic amines is 1. The molecule has 3 aromatic rings. The number of ether oxygens (including phenoxy) is 1. The van der Waals surface area contributed by atoms with Gasteiger partial charge in [-0.15, -0.1) is 11.3 Å². The number of aryl methyl sites for hydroxylation is 2. The molecule has 2 aromatic heterocycles. The Morgan fingerprint density at radius 3 is 2.53 bits per heavy atom. The maximum Gasteiger partial charge on any atom is 0.410 e. The van der Waals surface area contributed by atoms with Crippen molar-refractivity contribution < 1.29 is 19.4 Å². The number of hydrogen-bond acceptors (Lipinski definition) is 6. The van der Waals surface area contributed by atoms with Crippen molar-refractivity contribution >= 4 is 34.4 Å². The lowest BCUT2D eigenvalue weighted by Crippen LogP contribution is -2.38. The number of aromatic carboxylic acids is 1. The molecule has 1 aromatic carbocycles. The first-order valence-corrected chi connectivity index (χ1v) is 11.6. The van der Waals surface area contributed by atoms with Crippen LogP contribution in [0.25, 0.3) is 11.0 Å². The van der Waals surface area contributed by atoms with Gasteiger partial charge in [-0.05, 0) is 45.7 Å². The van der Waals surface area contributed by atoms with Gasteiger partial charge in [0.05, 0.1) is 16.0 Å². The molecule has 2 heterocycles. The molecule has 0 aliphatic rings. The van der Waals surface area contributed by atoms with Crippen LogP contribution in [0.5, 0.6) is 0 Å². The molecule has 3 rings (SSSR count). The number of carbonyl (C=O) groups is 2. The molecule has 0 aliphatic carbocycles. The van der Waals surface area contributed by atoms with E-state index in [4.69, 9.17) is 4.74 Å². The fraction of sp³-hybridized carbons (Fsp3) is 0.478. The van der Waals surface area contributed by atoms with Gasteiger partial charge < -0.3 is 19.7 Å². The average Bonchev–Trinajstić information content (AvgIpc) is 3.32. The van der Waals surface area contributed by atoms with Crippen molar-refractivity contribution in [2.24, 2.45) is 0 Å². The van der Waals surface area contributed by atoms with Crippen LogP contribution in [0.3, 0.4) is 0 Å². The zero-order valence-electron chi connectivity index (χ0n) is 19.0. The Morgan fingerprint density at radius 1 is 1.16 bits per heavy atom. The molecule has 1 amide bonds. The molecule has 0 atom stereocenters. The number of nitrogens with one attached hydrogen (secondary N) is 1. The lowest BCUT2D eigenvalue weighted by molar-refractivity contribution is 0.0249. The molecule has 32 heavy (non-hydrogen) atoms. The molecule has 0 unspecified atom stereocenters. The third-order valence-electron chi connectivity index (χ3n) is 4.79. The second-order valence-corrected chi connectivity index (χ2v) is 9.73. The number of thiazole rings is 1. The van der Waals surface area contributed by atoms with E-state index >= 15 is 0 Å². The highest BCUT2D eigenvalue weighted by Crippen LogP contribution is 2.21. The summed E-state index contributed by atoms with van der Waals surface area (Å²) >= 11 is 1.39. The number of rotatable bonds is 9. The molecule has 0 aliphatic heterocycles. The minimum atomic E-state index is -1.01. The van der Waals surface area contributed by atoms with Crippen molar-refractivity contribution in [3.63, 3.8) is 0 Å². The van der Waals surface area contributed by atoms with Crippen molar-refractivity contribution in [2.45, 2.75) is 59.0 Å². The smallest absolute Gasteiger partial charge is 0.410 e. The van der Waals surface area contributed by atoms with Gasteiger partial charge in [0, 0.05) is 30.8 Å². The van der Waals surface area contributed by atoms with Crippen molar-refractivity contribution in [2.75, 3.05) is 13.1 Å². The van der Waals surface area contributed by atoms with E-state index in [2.05, 4.69) is 15.0 Å². The van der Waals surface area contributed by atoms with Gasteiger partial charge in [-0.1, -0.05) is 19.1 Å². The summed E-state index contributed by atoms with van der Waals surface area (Å²) in [6.07, 6.45) is 2.14. The first kappa shape index (κ1) is 23.7. The topological polar surface area (TPSA) is 108 Å². The van der Waals surface area contributed by atoms with Gasteiger partial charge in [0.15, 0.2) is 5.69 Å². The van der Waals surface area contributed by atoms with Gasteiger partial charge in [-0.2, -0.15) is 0 Å². The molecule has 2 N–H and O–H groups in total. The van der Waals surface area contributed by atoms with Gasteiger partial charge in [-0.3, -0.25) is 0 Å². The number of benzene rings is 1. The first-order valence-electron chi connectivity index (χ1n) is 10.8. The predicted octanol–water partition coefficient (Wildman–Crippen LogP) is 4.69. The van der Waals surface area contributed by atoms with E-state index in [0.29, 0.717) is 37.4 Å². The summed E-state index contributed by atoms with van der Waals surface area (Å²) in [6.45, 7) is 8.34. The highest BCUT2D eigenvalue weighted by Gasteiger charge is 2.23. The Labute approximate surface area is 191 Å². The Kier molecular flexibility index (Phi) is 7.50. The highest BCUT2D eigenvalue weighted by atomic mass is 32.1. The van der Waals surface area contributed by atoms with Crippen LogP contribution in [0.2, 0.25) is 0 Å². The normalized spacial score (nSPS) is 11.6. The van der Waals surface area contributed by atoms with E-state index in [1.807, 2.05) is 52.0 Å². The fourth-order valence-corrected chi connectivity index (χ4v) is 4.32. The zero-order valence-corrected chi connectivity index (χ0v) is 19.8. The van der Waals surface area contributed by atoms with Crippen molar-refractivity contribution in [1.82, 2.24) is 19.9 Å². The number of carboxylic acids is 1. The number of imidazole rings is 1. The Hall–Kier alpha value is -2.94. The van der Waals surface area contributed by atoms with Crippen LogP contribution in [0.1, 0.15) is 60.3 Å². The standard InChI is InChI=1S/C23H30N4O4S/c1-5-17-20(21(28)29)26-19(32-17)12-14-27(22(30)31-23(2,3)4)13-8-11-18-24-15-9-6-7-10-16(15)25-18/h6-7,9-10H,5,8,11-14H2,1-4H3,(H,24,25)(H,28,29). The molecular weight excluding hydrogens is 428 g/mol. The number of carbonyl (C=O) groups excluding carboxylic acids is 1. The Bertz CT molecular complexity index is 1050. The third-order valence-corrected chi connectivity index (χ3v) is 6.05. The van der Waals surface area contributed by atoms with Crippen molar-refractivity contribution in [1.29, 1.82) is 0 Å². The van der Waals surface area contributed by atoms with Crippen LogP contribution in [0.15, 0.2) is 24.3 Å². The van der Waals surface area contributed by atoms with Crippen molar-refractivity contribution in [3.8, 4) is 0 Å². The molecule has 0 saturated heterocycles. The predicted molar refractivity (Wildman–Crippen MR) is 124 cm³/mol. The molecule has 0 radical (unpaired) electrons. The molecule has 0 bridgehead atoms. The quantitative estimate of drug-likeness (QED) is 0.481. The van der Waals surface area contributed by atoms with Crippen LogP contribution in [-0.4, -0.2) is 55.7 Å². The number of amides is 1. The van der Waals surface area contributed by atoms with Crippen LogP contribution < -0.4 is 0 Å². The summed E-state index contributed by atoms with van der Waals surface area (Å²) in [5, 5.41) is 10.0. The summed E-state index contributed by atoms with van der Waals surface area (Å²) in [7, 11) is 0. The molecule has 0 fully saturated rings. The lowest BCUT2D eigenvalue weighted by atomic mass is 10.2. The van der Waals surface area contributed by atoms with Gasteiger partial charge >= 0.3 is 12.1 Å². The first-order chi connectivity index (χ1) is 15.2. The van der Waals surface area contributed by atoms with E-state index in [-0.39, 0.29) is 11.8 Å². The number of carboxylic acid groups (broad SMARTS) is 1. The molecule has 172 valence electrons. The second kappa shape index (κ2) is 10.1. The fourth-order valence-electron chi connectivity index (χ4n) is 3.33. The Morgan fingerprint density at radius 2 is 1.91 bits per heavy atom. The molecule has 8 nitrogen and oxygen atoms in total. The van der Waals surface area contributed by atoms with Gasteiger partial charge in [-0.25, -0.2) is 19.6 Å². The zero-order chi connectivity index (χ0) is 23.3. The SMILES string of the molecule is CCc1sc(CCN(CCCc2nc3ccccc3[nH]2)C(=O)OC(C)(C)C)nc1C(=O)O. The number of fused-ring (bicyclic) bond motifs is 1. The highest BCUT2D eigenvalue weighted by molar-refractivity contribution is 7.11. The summed E-state index contributed by atoms with van der Waals surface area (Å²) in [4.78, 5) is 38.7. The lowest BCUT2D eigenvalue weighted by Gasteiger charge is -2.27. The van der Waals surface area contributed by atoms with Gasteiger partial charge in [0.2, 0.25) is 0 Å². The van der Waals surface area contributed by atoms with Crippen LogP contribution in [0.4, 0.5) is 4.79 Å². The summed E-state index contributed by atoms with van der Waals surface area (Å²) in [5.41, 5.74) is 1.44. The maximum atomic E-state index is 12.8. The maximum absolute atomic E-state index is 12.8. The number of H-pyrrole nitrogens is 1. The molecule has 0 saturated carbocycles. The number of aromatic nitrogens is 3. The third kappa shape index (κ3) is 6.29. The minimum Gasteiger partial charge on any atom is -0.476 e. The average molecular weight is 459 g/mol. The largest absolute Gasteiger partial charge is 0.476 e. The summed E-state index contributed by atoms with van der Waals surface area (Å²) < 4.78 is 5.58. The van der Waals surface area contributed by atoms with Crippen LogP contribution in [0, 0.1) is 0 Å². The minimum absolute atomic E-state index is 0.112.